The van der Waals surface area contributed by atoms with E-state index in [9.17, 15) is 13.6 Å². The van der Waals surface area contributed by atoms with Gasteiger partial charge in [-0.05, 0) is 59.6 Å². The molecule has 1 saturated carbocycles. The fourth-order valence-electron chi connectivity index (χ4n) is 4.26. The molecule has 0 atom stereocenters. The summed E-state index contributed by atoms with van der Waals surface area (Å²) in [4.78, 5) is 12.7. The lowest BCUT2D eigenvalue weighted by Gasteiger charge is -2.32. The molecular weight excluding hydrogens is 360 g/mol. The molecule has 1 fully saturated rings. The van der Waals surface area contributed by atoms with Crippen LogP contribution in [0, 0.1) is 17.6 Å². The van der Waals surface area contributed by atoms with Crippen LogP contribution in [-0.2, 0) is 30.6 Å². The first-order valence-electron chi connectivity index (χ1n) is 10.1. The lowest BCUT2D eigenvalue weighted by atomic mass is 9.81. The van der Waals surface area contributed by atoms with E-state index in [2.05, 4.69) is 0 Å². The first-order chi connectivity index (χ1) is 13.5. The van der Waals surface area contributed by atoms with Gasteiger partial charge in [0, 0.05) is 19.5 Å². The normalized spacial score (nSPS) is 16.6. The molecule has 2 aromatic rings. The van der Waals surface area contributed by atoms with Gasteiger partial charge in [-0.2, -0.15) is 0 Å². The van der Waals surface area contributed by atoms with Gasteiger partial charge in [0.15, 0.2) is 0 Å². The molecule has 0 amide bonds. The van der Waals surface area contributed by atoms with Crippen LogP contribution in [-0.4, -0.2) is 17.6 Å². The fourth-order valence-corrected chi connectivity index (χ4v) is 4.26. The Balaban J connectivity index is 1.53. The summed E-state index contributed by atoms with van der Waals surface area (Å²) < 4.78 is 29.3. The maximum absolute atomic E-state index is 14.8. The lowest BCUT2D eigenvalue weighted by Crippen LogP contribution is -2.32. The zero-order valence-corrected chi connectivity index (χ0v) is 15.9. The van der Waals surface area contributed by atoms with E-state index >= 15 is 0 Å². The third kappa shape index (κ3) is 3.89. The van der Waals surface area contributed by atoms with E-state index in [-0.39, 0.29) is 24.5 Å². The van der Waals surface area contributed by atoms with E-state index in [1.165, 1.54) is 24.8 Å². The van der Waals surface area contributed by atoms with E-state index in [0.29, 0.717) is 36.3 Å². The second kappa shape index (κ2) is 7.90. The number of hydrogen-bond acceptors (Lipinski definition) is 2. The van der Waals surface area contributed by atoms with Crippen LogP contribution in [0.3, 0.4) is 0 Å². The standard InChI is InChI=1S/C23H25F2NO2/c24-20-8-4-16(12-15-2-1-3-15)13-21(20)26-11-10-19-18(14-26)6-5-17(23(19)25)7-9-22(27)28/h4-6,8,13,15H,1-3,7,9-12,14H2,(H,27,28). The Kier molecular flexibility index (Phi) is 5.33. The summed E-state index contributed by atoms with van der Waals surface area (Å²) in [5, 5.41) is 8.82. The SMILES string of the molecule is O=C(O)CCc1ccc2c(c1F)CCN(c1cc(CC3CCC3)ccc1F)C2. The van der Waals surface area contributed by atoms with Crippen LogP contribution in [0.1, 0.15) is 47.9 Å². The molecule has 0 spiro atoms. The highest BCUT2D eigenvalue weighted by atomic mass is 19.1. The van der Waals surface area contributed by atoms with Crippen molar-refractivity contribution in [3.8, 4) is 0 Å². The molecular formula is C23H25F2NO2. The van der Waals surface area contributed by atoms with E-state index < -0.39 is 5.97 Å². The molecule has 4 rings (SSSR count). The van der Waals surface area contributed by atoms with E-state index in [1.54, 1.807) is 12.1 Å². The molecule has 1 N–H and O–H groups in total. The molecule has 0 saturated heterocycles. The monoisotopic (exact) mass is 385 g/mol. The summed E-state index contributed by atoms with van der Waals surface area (Å²) >= 11 is 0. The first-order valence-corrected chi connectivity index (χ1v) is 10.1. The van der Waals surface area contributed by atoms with E-state index in [4.69, 9.17) is 5.11 Å². The predicted molar refractivity (Wildman–Crippen MR) is 105 cm³/mol. The number of rotatable bonds is 6. The van der Waals surface area contributed by atoms with Crippen LogP contribution >= 0.6 is 0 Å². The molecule has 0 radical (unpaired) electrons. The van der Waals surface area contributed by atoms with Gasteiger partial charge in [0.2, 0.25) is 0 Å². The van der Waals surface area contributed by atoms with Crippen molar-refractivity contribution in [2.75, 3.05) is 11.4 Å². The third-order valence-corrected chi connectivity index (χ3v) is 6.12. The van der Waals surface area contributed by atoms with Gasteiger partial charge in [0.1, 0.15) is 11.6 Å². The minimum absolute atomic E-state index is 0.0825. The van der Waals surface area contributed by atoms with Crippen molar-refractivity contribution in [1.82, 2.24) is 0 Å². The highest BCUT2D eigenvalue weighted by molar-refractivity contribution is 5.67. The Morgan fingerprint density at radius 2 is 2.00 bits per heavy atom. The summed E-state index contributed by atoms with van der Waals surface area (Å²) in [6.07, 6.45) is 5.41. The van der Waals surface area contributed by atoms with Crippen molar-refractivity contribution < 1.29 is 18.7 Å². The van der Waals surface area contributed by atoms with Crippen molar-refractivity contribution in [1.29, 1.82) is 0 Å². The minimum Gasteiger partial charge on any atom is -0.481 e. The molecule has 2 aromatic carbocycles. The molecule has 2 aliphatic rings. The fraction of sp³-hybridized carbons (Fsp3) is 0.435. The molecule has 0 aromatic heterocycles. The smallest absolute Gasteiger partial charge is 0.303 e. The number of carbonyl (C=O) groups is 1. The average Bonchev–Trinajstić information content (AvgIpc) is 2.65. The summed E-state index contributed by atoms with van der Waals surface area (Å²) in [5.41, 5.74) is 3.71. The minimum atomic E-state index is -0.930. The Labute approximate surface area is 164 Å². The summed E-state index contributed by atoms with van der Waals surface area (Å²) in [7, 11) is 0. The number of aryl methyl sites for hydroxylation is 1. The molecule has 0 unspecified atom stereocenters. The second-order valence-electron chi connectivity index (χ2n) is 8.03. The van der Waals surface area contributed by atoms with E-state index in [1.807, 2.05) is 23.1 Å². The van der Waals surface area contributed by atoms with Gasteiger partial charge in [-0.15, -0.1) is 0 Å². The molecule has 1 aliphatic heterocycles. The number of carboxylic acid groups (broad SMARTS) is 1. The molecule has 5 heteroatoms. The number of hydrogen-bond donors (Lipinski definition) is 1. The maximum Gasteiger partial charge on any atom is 0.303 e. The number of aliphatic carboxylic acids is 1. The number of anilines is 1. The van der Waals surface area contributed by atoms with Crippen LogP contribution in [0.4, 0.5) is 14.5 Å². The predicted octanol–water partition coefficient (Wildman–Crippen LogP) is 4.89. The van der Waals surface area contributed by atoms with Crippen LogP contribution in [0.25, 0.3) is 0 Å². The number of nitrogens with zero attached hydrogens (tertiary/aromatic N) is 1. The third-order valence-electron chi connectivity index (χ3n) is 6.12. The van der Waals surface area contributed by atoms with Crippen molar-refractivity contribution in [3.05, 3.63) is 64.2 Å². The number of fused-ring (bicyclic) bond motifs is 1. The molecule has 3 nitrogen and oxygen atoms in total. The van der Waals surface area contributed by atoms with Gasteiger partial charge in [-0.3, -0.25) is 4.79 Å². The summed E-state index contributed by atoms with van der Waals surface area (Å²) in [6.45, 7) is 1.02. The van der Waals surface area contributed by atoms with Crippen LogP contribution < -0.4 is 4.90 Å². The number of benzene rings is 2. The topological polar surface area (TPSA) is 40.5 Å². The van der Waals surface area contributed by atoms with Gasteiger partial charge < -0.3 is 10.0 Å². The van der Waals surface area contributed by atoms with E-state index in [0.717, 1.165) is 17.9 Å². The van der Waals surface area contributed by atoms with Gasteiger partial charge in [-0.25, -0.2) is 8.78 Å². The molecule has 28 heavy (non-hydrogen) atoms. The maximum atomic E-state index is 14.8. The zero-order valence-electron chi connectivity index (χ0n) is 15.9. The van der Waals surface area contributed by atoms with Gasteiger partial charge in [-0.1, -0.05) is 37.5 Å². The van der Waals surface area contributed by atoms with Crippen molar-refractivity contribution >= 4 is 11.7 Å². The van der Waals surface area contributed by atoms with Crippen molar-refractivity contribution in [2.45, 2.75) is 51.5 Å². The number of halogens is 2. The van der Waals surface area contributed by atoms with Crippen LogP contribution in [0.2, 0.25) is 0 Å². The molecule has 148 valence electrons. The van der Waals surface area contributed by atoms with Crippen LogP contribution in [0.15, 0.2) is 30.3 Å². The summed E-state index contributed by atoms with van der Waals surface area (Å²) in [5.74, 6) is -0.740. The first kappa shape index (κ1) is 18.9. The van der Waals surface area contributed by atoms with Crippen LogP contribution in [0.5, 0.6) is 0 Å². The number of carboxylic acids is 1. The Bertz CT molecular complexity index is 892. The Morgan fingerprint density at radius 3 is 2.71 bits per heavy atom. The van der Waals surface area contributed by atoms with Gasteiger partial charge >= 0.3 is 5.97 Å². The van der Waals surface area contributed by atoms with Gasteiger partial charge in [0.05, 0.1) is 5.69 Å². The average molecular weight is 385 g/mol. The molecule has 1 heterocycles. The van der Waals surface area contributed by atoms with Crippen molar-refractivity contribution in [3.63, 3.8) is 0 Å². The zero-order chi connectivity index (χ0) is 19.7. The Morgan fingerprint density at radius 1 is 1.18 bits per heavy atom. The summed E-state index contributed by atoms with van der Waals surface area (Å²) in [6, 6.07) is 8.91. The Hall–Kier alpha value is -2.43. The molecule has 0 bridgehead atoms. The molecule has 1 aliphatic carbocycles. The highest BCUT2D eigenvalue weighted by Crippen LogP contribution is 2.33. The second-order valence-corrected chi connectivity index (χ2v) is 8.03. The van der Waals surface area contributed by atoms with Gasteiger partial charge in [0.25, 0.3) is 0 Å². The lowest BCUT2D eigenvalue weighted by molar-refractivity contribution is -0.136. The highest BCUT2D eigenvalue weighted by Gasteiger charge is 2.24. The van der Waals surface area contributed by atoms with Crippen molar-refractivity contribution in [2.24, 2.45) is 5.92 Å². The largest absolute Gasteiger partial charge is 0.481 e. The quantitative estimate of drug-likeness (QED) is 0.770.